The molecule has 29 heavy (non-hydrogen) atoms. The van der Waals surface area contributed by atoms with E-state index in [0.29, 0.717) is 53.6 Å². The Kier molecular flexibility index (Phi) is 6.08. The number of aldehydes is 1. The first-order valence-electron chi connectivity index (χ1n) is 9.26. The quantitative estimate of drug-likeness (QED) is 0.445. The van der Waals surface area contributed by atoms with Crippen LogP contribution in [0.3, 0.4) is 0 Å². The molecule has 0 fully saturated rings. The number of anilines is 1. The minimum absolute atomic E-state index is 0.318. The van der Waals surface area contributed by atoms with Crippen molar-refractivity contribution in [3.8, 4) is 5.75 Å². The topological polar surface area (TPSA) is 117 Å². The van der Waals surface area contributed by atoms with Crippen LogP contribution in [0.4, 0.5) is 5.95 Å². The van der Waals surface area contributed by atoms with Crippen molar-refractivity contribution >= 4 is 29.2 Å². The minimum Gasteiger partial charge on any atom is -0.494 e. The number of allylic oxidation sites excluding steroid dienone is 1. The van der Waals surface area contributed by atoms with Gasteiger partial charge in [-0.05, 0) is 32.0 Å². The Morgan fingerprint density at radius 3 is 2.76 bits per heavy atom. The van der Waals surface area contributed by atoms with Crippen LogP contribution >= 0.6 is 0 Å². The molecule has 0 atom stereocenters. The number of hydrogen-bond acceptors (Lipinski definition) is 6. The number of nitrogens with one attached hydrogen (secondary N) is 1. The molecule has 0 aliphatic heterocycles. The van der Waals surface area contributed by atoms with Gasteiger partial charge in [-0.3, -0.25) is 19.6 Å². The molecule has 152 valence electrons. The zero-order valence-corrected chi connectivity index (χ0v) is 16.7. The lowest BCUT2D eigenvalue weighted by Crippen LogP contribution is -2.20. The van der Waals surface area contributed by atoms with Crippen LogP contribution in [-0.2, 0) is 13.1 Å². The highest BCUT2D eigenvalue weighted by atomic mass is 16.5. The smallest absolute Gasteiger partial charge is 0.276 e. The number of nitrogens with two attached hydrogens (primary N) is 1. The van der Waals surface area contributed by atoms with Gasteiger partial charge in [0.15, 0.2) is 0 Å². The Morgan fingerprint density at radius 1 is 1.31 bits per heavy atom. The molecule has 0 aliphatic carbocycles. The fourth-order valence-electron chi connectivity index (χ4n) is 3.16. The number of methoxy groups -OCH3 is 1. The van der Waals surface area contributed by atoms with Crippen molar-refractivity contribution in [2.75, 3.05) is 19.0 Å². The van der Waals surface area contributed by atoms with Crippen molar-refractivity contribution < 1.29 is 14.3 Å². The van der Waals surface area contributed by atoms with Crippen LogP contribution in [0.2, 0.25) is 0 Å². The van der Waals surface area contributed by atoms with Crippen molar-refractivity contribution in [1.82, 2.24) is 19.3 Å². The number of imidazole rings is 1. The Hall–Kier alpha value is -3.46. The van der Waals surface area contributed by atoms with E-state index in [1.165, 1.54) is 7.11 Å². The minimum atomic E-state index is -0.318. The molecule has 0 saturated heterocycles. The predicted octanol–water partition coefficient (Wildman–Crippen LogP) is 2.15. The highest BCUT2D eigenvalue weighted by Crippen LogP contribution is 2.30. The number of carbonyl (C=O) groups excluding carboxylic acids is 2. The lowest BCUT2D eigenvalue weighted by atomic mass is 10.2. The van der Waals surface area contributed by atoms with Crippen LogP contribution in [-0.4, -0.2) is 45.2 Å². The number of rotatable bonds is 8. The van der Waals surface area contributed by atoms with Gasteiger partial charge in [-0.15, -0.1) is 0 Å². The second kappa shape index (κ2) is 8.70. The first-order chi connectivity index (χ1) is 14.0. The summed E-state index contributed by atoms with van der Waals surface area (Å²) in [6, 6.07) is 5.02. The molecule has 1 amide bonds. The third-order valence-corrected chi connectivity index (χ3v) is 4.44. The van der Waals surface area contributed by atoms with Crippen molar-refractivity contribution in [2.24, 2.45) is 5.73 Å². The van der Waals surface area contributed by atoms with Crippen LogP contribution in [0.1, 0.15) is 33.5 Å². The summed E-state index contributed by atoms with van der Waals surface area (Å²) in [5.74, 6) is 0.518. The highest BCUT2D eigenvalue weighted by Gasteiger charge is 2.20. The molecule has 2 aromatic heterocycles. The molecule has 0 saturated carbocycles. The summed E-state index contributed by atoms with van der Waals surface area (Å²) in [5, 5.41) is 7.18. The van der Waals surface area contributed by atoms with Crippen molar-refractivity contribution in [3.05, 3.63) is 47.3 Å². The normalized spacial score (nSPS) is 11.3. The zero-order valence-electron chi connectivity index (χ0n) is 16.7. The molecule has 9 nitrogen and oxygen atoms in total. The van der Waals surface area contributed by atoms with Gasteiger partial charge in [0, 0.05) is 25.2 Å². The summed E-state index contributed by atoms with van der Waals surface area (Å²) in [4.78, 5) is 28.7. The molecule has 0 bridgehead atoms. The number of amides is 1. The molecule has 0 radical (unpaired) electrons. The second-order valence-corrected chi connectivity index (χ2v) is 6.40. The van der Waals surface area contributed by atoms with Gasteiger partial charge in [0.25, 0.3) is 5.91 Å². The molecule has 3 N–H and O–H groups in total. The number of aromatic nitrogens is 4. The maximum Gasteiger partial charge on any atom is 0.276 e. The highest BCUT2D eigenvalue weighted by molar-refractivity contribution is 6.03. The van der Waals surface area contributed by atoms with Gasteiger partial charge in [0.2, 0.25) is 5.95 Å². The van der Waals surface area contributed by atoms with E-state index >= 15 is 0 Å². The average Bonchev–Trinajstić information content (AvgIpc) is 3.27. The number of ether oxygens (including phenoxy) is 1. The number of nitrogens with zero attached hydrogens (tertiary/aromatic N) is 4. The standard InChI is InChI=1S/C20H24N6O3/c1-4-26-16(9-13(2)24-26)19(28)23-20-22-15-10-14(12-27)11-17(29-3)18(15)25(20)8-6-5-7-21/h5-6,9-12H,4,7-8,21H2,1-3H3,(H,22,23,28)/b6-5+. The van der Waals surface area contributed by atoms with Crippen LogP contribution in [0.5, 0.6) is 5.75 Å². The molecule has 3 aromatic rings. The molecule has 3 rings (SSSR count). The van der Waals surface area contributed by atoms with E-state index < -0.39 is 0 Å². The number of aryl methyl sites for hydroxylation is 2. The number of benzene rings is 1. The summed E-state index contributed by atoms with van der Waals surface area (Å²) in [6.45, 7) is 5.15. The Bertz CT molecular complexity index is 1080. The molecule has 0 unspecified atom stereocenters. The van der Waals surface area contributed by atoms with Crippen molar-refractivity contribution in [3.63, 3.8) is 0 Å². The third-order valence-electron chi connectivity index (χ3n) is 4.44. The van der Waals surface area contributed by atoms with Crippen LogP contribution in [0.25, 0.3) is 11.0 Å². The van der Waals surface area contributed by atoms with Crippen molar-refractivity contribution in [1.29, 1.82) is 0 Å². The number of carbonyl (C=O) groups is 2. The second-order valence-electron chi connectivity index (χ2n) is 6.40. The van der Waals surface area contributed by atoms with Gasteiger partial charge in [0.05, 0.1) is 18.3 Å². The van der Waals surface area contributed by atoms with Gasteiger partial charge >= 0.3 is 0 Å². The van der Waals surface area contributed by atoms with E-state index in [1.54, 1.807) is 22.9 Å². The molecule has 0 aliphatic rings. The average molecular weight is 396 g/mol. The van der Waals surface area contributed by atoms with Gasteiger partial charge in [-0.2, -0.15) is 5.10 Å². The van der Waals surface area contributed by atoms with Gasteiger partial charge in [-0.1, -0.05) is 12.2 Å². The Morgan fingerprint density at radius 2 is 2.10 bits per heavy atom. The molecular formula is C20H24N6O3. The van der Waals surface area contributed by atoms with Crippen LogP contribution < -0.4 is 15.8 Å². The van der Waals surface area contributed by atoms with E-state index in [0.717, 1.165) is 12.0 Å². The van der Waals surface area contributed by atoms with Crippen LogP contribution in [0.15, 0.2) is 30.4 Å². The summed E-state index contributed by atoms with van der Waals surface area (Å²) < 4.78 is 8.91. The van der Waals surface area contributed by atoms with Gasteiger partial charge in [-0.25, -0.2) is 4.98 Å². The maximum atomic E-state index is 12.9. The van der Waals surface area contributed by atoms with E-state index in [4.69, 9.17) is 10.5 Å². The predicted molar refractivity (Wildman–Crippen MR) is 110 cm³/mol. The first kappa shape index (κ1) is 20.3. The van der Waals surface area contributed by atoms with Crippen molar-refractivity contribution in [2.45, 2.75) is 26.9 Å². The number of hydrogen-bond donors (Lipinski definition) is 2. The first-order valence-corrected chi connectivity index (χ1v) is 9.26. The lowest BCUT2D eigenvalue weighted by molar-refractivity contribution is 0.101. The zero-order chi connectivity index (χ0) is 21.0. The third kappa shape index (κ3) is 4.04. The SMILES string of the molecule is CCn1nc(C)cc1C(=O)Nc1nc2cc(C=O)cc(OC)c2n1C/C=C/CN. The Labute approximate surface area is 168 Å². The molecule has 9 heteroatoms. The lowest BCUT2D eigenvalue weighted by Gasteiger charge is -2.11. The van der Waals surface area contributed by atoms with Crippen LogP contribution in [0, 0.1) is 6.92 Å². The summed E-state index contributed by atoms with van der Waals surface area (Å²) >= 11 is 0. The van der Waals surface area contributed by atoms with E-state index in [1.807, 2.05) is 30.6 Å². The summed E-state index contributed by atoms with van der Waals surface area (Å²) in [5.41, 5.74) is 8.41. The fraction of sp³-hybridized carbons (Fsp3) is 0.300. The summed E-state index contributed by atoms with van der Waals surface area (Å²) in [6.07, 6.45) is 4.43. The van der Waals surface area contributed by atoms with E-state index in [-0.39, 0.29) is 5.91 Å². The fourth-order valence-corrected chi connectivity index (χ4v) is 3.16. The van der Waals surface area contributed by atoms with E-state index in [9.17, 15) is 9.59 Å². The molecule has 1 aromatic carbocycles. The van der Waals surface area contributed by atoms with Gasteiger partial charge in [0.1, 0.15) is 23.2 Å². The Balaban J connectivity index is 2.09. The number of fused-ring (bicyclic) bond motifs is 1. The maximum absolute atomic E-state index is 12.9. The van der Waals surface area contributed by atoms with Gasteiger partial charge < -0.3 is 15.0 Å². The van der Waals surface area contributed by atoms with E-state index in [2.05, 4.69) is 15.4 Å². The monoisotopic (exact) mass is 396 g/mol. The largest absolute Gasteiger partial charge is 0.494 e. The molecule has 0 spiro atoms. The molecular weight excluding hydrogens is 372 g/mol. The molecule has 2 heterocycles. The summed E-state index contributed by atoms with van der Waals surface area (Å²) in [7, 11) is 1.53.